The average molecular weight is 332 g/mol. The van der Waals surface area contributed by atoms with Crippen molar-refractivity contribution >= 4 is 5.91 Å². The molecule has 4 rings (SSSR count). The van der Waals surface area contributed by atoms with Gasteiger partial charge < -0.3 is 19.5 Å². The molecule has 6 nitrogen and oxygen atoms in total. The maximum atomic E-state index is 12.7. The van der Waals surface area contributed by atoms with Crippen LogP contribution in [-0.2, 0) is 0 Å². The molecule has 1 aromatic carbocycles. The van der Waals surface area contributed by atoms with Crippen molar-refractivity contribution in [2.75, 3.05) is 39.4 Å². The monoisotopic (exact) mass is 332 g/mol. The lowest BCUT2D eigenvalue weighted by atomic mass is 10.1. The van der Waals surface area contributed by atoms with E-state index in [4.69, 9.17) is 9.47 Å². The Morgan fingerprint density at radius 1 is 1.04 bits per heavy atom. The number of carbonyl (C=O) groups is 1. The predicted octanol–water partition coefficient (Wildman–Crippen LogP) is 1.13. The number of aliphatic hydroxyl groups excluding tert-OH is 1. The van der Waals surface area contributed by atoms with Gasteiger partial charge in [-0.15, -0.1) is 0 Å². The molecule has 1 aromatic rings. The van der Waals surface area contributed by atoms with Crippen molar-refractivity contribution in [2.24, 2.45) is 0 Å². The van der Waals surface area contributed by atoms with Gasteiger partial charge in [-0.2, -0.15) is 0 Å². The van der Waals surface area contributed by atoms with Crippen molar-refractivity contribution in [2.45, 2.75) is 31.4 Å². The quantitative estimate of drug-likeness (QED) is 0.880. The van der Waals surface area contributed by atoms with Gasteiger partial charge in [0.15, 0.2) is 11.5 Å². The second-order valence-corrected chi connectivity index (χ2v) is 6.75. The maximum Gasteiger partial charge on any atom is 0.254 e. The highest BCUT2D eigenvalue weighted by Gasteiger charge is 2.33. The number of benzene rings is 1. The van der Waals surface area contributed by atoms with E-state index >= 15 is 0 Å². The molecule has 0 aromatic heterocycles. The molecule has 0 unspecified atom stereocenters. The van der Waals surface area contributed by atoms with Gasteiger partial charge in [0.1, 0.15) is 13.2 Å². The number of carbonyl (C=O) groups excluding carboxylic acids is 1. The summed E-state index contributed by atoms with van der Waals surface area (Å²) in [6.45, 7) is 4.14. The van der Waals surface area contributed by atoms with E-state index in [2.05, 4.69) is 4.90 Å². The van der Waals surface area contributed by atoms with Crippen LogP contribution < -0.4 is 9.47 Å². The molecule has 3 aliphatic rings. The third-order valence-electron chi connectivity index (χ3n) is 5.30. The zero-order chi connectivity index (χ0) is 16.5. The Hall–Kier alpha value is -1.79. The summed E-state index contributed by atoms with van der Waals surface area (Å²) >= 11 is 0. The van der Waals surface area contributed by atoms with Crippen LogP contribution in [0.2, 0.25) is 0 Å². The lowest BCUT2D eigenvalue weighted by Gasteiger charge is -2.39. The van der Waals surface area contributed by atoms with Crippen molar-refractivity contribution in [3.8, 4) is 11.5 Å². The van der Waals surface area contributed by atoms with Crippen molar-refractivity contribution < 1.29 is 19.4 Å². The largest absolute Gasteiger partial charge is 0.486 e. The average Bonchev–Trinajstić information content (AvgIpc) is 3.07. The lowest BCUT2D eigenvalue weighted by molar-refractivity contribution is 0.0315. The summed E-state index contributed by atoms with van der Waals surface area (Å²) < 4.78 is 11.1. The van der Waals surface area contributed by atoms with Gasteiger partial charge in [0.2, 0.25) is 0 Å². The van der Waals surface area contributed by atoms with Gasteiger partial charge in [-0.25, -0.2) is 0 Å². The minimum atomic E-state index is -0.204. The minimum absolute atomic E-state index is 0.0404. The Morgan fingerprint density at radius 3 is 2.50 bits per heavy atom. The fourth-order valence-electron chi connectivity index (χ4n) is 3.96. The summed E-state index contributed by atoms with van der Waals surface area (Å²) in [5.41, 5.74) is 0.647. The molecule has 1 N–H and O–H groups in total. The van der Waals surface area contributed by atoms with E-state index < -0.39 is 0 Å². The Morgan fingerprint density at radius 2 is 1.79 bits per heavy atom. The van der Waals surface area contributed by atoms with Crippen LogP contribution in [0.4, 0.5) is 0 Å². The Balaban J connectivity index is 1.39. The van der Waals surface area contributed by atoms with Crippen LogP contribution in [-0.4, -0.2) is 72.4 Å². The molecule has 6 heteroatoms. The molecule has 130 valence electrons. The van der Waals surface area contributed by atoms with Gasteiger partial charge in [0.05, 0.1) is 6.10 Å². The zero-order valence-electron chi connectivity index (χ0n) is 13.8. The van der Waals surface area contributed by atoms with Crippen LogP contribution in [0, 0.1) is 0 Å². The number of hydrogen-bond acceptors (Lipinski definition) is 5. The van der Waals surface area contributed by atoms with Crippen molar-refractivity contribution in [3.63, 3.8) is 0 Å². The molecule has 1 aliphatic carbocycles. The molecule has 2 fully saturated rings. The molecule has 2 aliphatic heterocycles. The predicted molar refractivity (Wildman–Crippen MR) is 88.6 cm³/mol. The van der Waals surface area contributed by atoms with Crippen LogP contribution in [0.3, 0.4) is 0 Å². The molecule has 24 heavy (non-hydrogen) atoms. The van der Waals surface area contributed by atoms with Gasteiger partial charge in [-0.05, 0) is 37.5 Å². The number of amides is 1. The molecule has 0 radical (unpaired) electrons. The van der Waals surface area contributed by atoms with Crippen LogP contribution in [0.1, 0.15) is 29.6 Å². The number of rotatable bonds is 2. The summed E-state index contributed by atoms with van der Waals surface area (Å²) in [5.74, 6) is 1.40. The number of fused-ring (bicyclic) bond motifs is 1. The van der Waals surface area contributed by atoms with Crippen molar-refractivity contribution in [1.82, 2.24) is 9.80 Å². The SMILES string of the molecule is O=C(c1ccc2c(c1)OCCO2)N1CCN([C@@H]2CCC[C@@H]2O)CC1. The highest BCUT2D eigenvalue weighted by molar-refractivity contribution is 5.95. The Bertz CT molecular complexity index is 613. The lowest BCUT2D eigenvalue weighted by Crippen LogP contribution is -2.53. The molecule has 0 bridgehead atoms. The van der Waals surface area contributed by atoms with Gasteiger partial charge in [-0.1, -0.05) is 0 Å². The molecular weight excluding hydrogens is 308 g/mol. The van der Waals surface area contributed by atoms with Gasteiger partial charge >= 0.3 is 0 Å². The normalized spacial score (nSPS) is 27.3. The first-order valence-electron chi connectivity index (χ1n) is 8.83. The Labute approximate surface area is 141 Å². The number of aliphatic hydroxyl groups is 1. The van der Waals surface area contributed by atoms with Gasteiger partial charge in [-0.3, -0.25) is 9.69 Å². The number of hydrogen-bond donors (Lipinski definition) is 1. The number of piperazine rings is 1. The topological polar surface area (TPSA) is 62.2 Å². The smallest absolute Gasteiger partial charge is 0.254 e. The third kappa shape index (κ3) is 2.96. The molecule has 1 amide bonds. The van der Waals surface area contributed by atoms with E-state index in [-0.39, 0.29) is 18.1 Å². The minimum Gasteiger partial charge on any atom is -0.486 e. The highest BCUT2D eigenvalue weighted by Crippen LogP contribution is 2.31. The molecule has 1 saturated heterocycles. The molecule has 2 atom stereocenters. The summed E-state index contributed by atoms with van der Waals surface area (Å²) in [5, 5.41) is 10.1. The fourth-order valence-corrected chi connectivity index (χ4v) is 3.96. The molecule has 2 heterocycles. The van der Waals surface area contributed by atoms with E-state index in [1.165, 1.54) is 0 Å². The summed E-state index contributed by atoms with van der Waals surface area (Å²) in [6, 6.07) is 5.68. The van der Waals surface area contributed by atoms with E-state index in [1.54, 1.807) is 6.07 Å². The standard InChI is InChI=1S/C18H24N2O4/c21-15-3-1-2-14(15)19-6-8-20(9-7-19)18(22)13-4-5-16-17(12-13)24-11-10-23-16/h4-5,12,14-15,21H,1-3,6-11H2/t14-,15+/m1/s1. The number of ether oxygens (including phenoxy) is 2. The first-order chi connectivity index (χ1) is 11.7. The number of nitrogens with zero attached hydrogens (tertiary/aromatic N) is 2. The van der Waals surface area contributed by atoms with Crippen molar-refractivity contribution in [1.29, 1.82) is 0 Å². The first kappa shape index (κ1) is 15.7. The summed E-state index contributed by atoms with van der Waals surface area (Å²) in [6.07, 6.45) is 2.87. The van der Waals surface area contributed by atoms with E-state index in [0.717, 1.165) is 32.4 Å². The van der Waals surface area contributed by atoms with Gasteiger partial charge in [0.25, 0.3) is 5.91 Å². The molecule has 0 spiro atoms. The molecular formula is C18H24N2O4. The van der Waals surface area contributed by atoms with E-state index in [9.17, 15) is 9.90 Å². The summed E-state index contributed by atoms with van der Waals surface area (Å²) in [7, 11) is 0. The maximum absolute atomic E-state index is 12.7. The zero-order valence-corrected chi connectivity index (χ0v) is 13.8. The first-order valence-corrected chi connectivity index (χ1v) is 8.83. The summed E-state index contributed by atoms with van der Waals surface area (Å²) in [4.78, 5) is 17.0. The second kappa shape index (κ2) is 6.61. The van der Waals surface area contributed by atoms with E-state index in [1.807, 2.05) is 17.0 Å². The van der Waals surface area contributed by atoms with Crippen LogP contribution in [0.15, 0.2) is 18.2 Å². The van der Waals surface area contributed by atoms with Crippen LogP contribution in [0.5, 0.6) is 11.5 Å². The van der Waals surface area contributed by atoms with E-state index in [0.29, 0.717) is 43.4 Å². The highest BCUT2D eigenvalue weighted by atomic mass is 16.6. The van der Waals surface area contributed by atoms with Crippen LogP contribution >= 0.6 is 0 Å². The molecule has 1 saturated carbocycles. The van der Waals surface area contributed by atoms with Crippen molar-refractivity contribution in [3.05, 3.63) is 23.8 Å². The Kier molecular flexibility index (Phi) is 4.33. The van der Waals surface area contributed by atoms with Crippen LogP contribution in [0.25, 0.3) is 0 Å². The third-order valence-corrected chi connectivity index (χ3v) is 5.30. The van der Waals surface area contributed by atoms with Gasteiger partial charge in [0, 0.05) is 37.8 Å². The second-order valence-electron chi connectivity index (χ2n) is 6.75. The fraction of sp³-hybridized carbons (Fsp3) is 0.611.